The number of rotatable bonds is 3. The molecule has 3 aromatic carbocycles. The first kappa shape index (κ1) is 19.4. The molecule has 2 bridgehead atoms. The maximum Gasteiger partial charge on any atom is 0.239 e. The number of hydrogen-bond acceptors (Lipinski definition) is 4. The average Bonchev–Trinajstić information content (AvgIpc) is 3.09. The second-order valence-electron chi connectivity index (χ2n) is 8.81. The molecule has 1 unspecified atom stereocenters. The molecule has 160 valence electrons. The highest BCUT2D eigenvalue weighted by Gasteiger charge is 2.67. The molecule has 6 nitrogen and oxygen atoms in total. The van der Waals surface area contributed by atoms with Crippen molar-refractivity contribution in [3.05, 3.63) is 100 Å². The Bertz CT molecular complexity index is 1240. The number of carbonyl (C=O) groups excluding carboxylic acids is 2. The summed E-state index contributed by atoms with van der Waals surface area (Å²) in [6.07, 6.45) is 0.669. The third kappa shape index (κ3) is 2.14. The van der Waals surface area contributed by atoms with E-state index in [0.29, 0.717) is 6.42 Å². The van der Waals surface area contributed by atoms with Crippen LogP contribution in [0, 0.1) is 17.0 Å². The van der Waals surface area contributed by atoms with E-state index in [-0.39, 0.29) is 29.1 Å². The monoisotopic (exact) mass is 426 g/mol. The zero-order valence-electron chi connectivity index (χ0n) is 17.5. The van der Waals surface area contributed by atoms with Crippen LogP contribution in [-0.4, -0.2) is 17.0 Å². The summed E-state index contributed by atoms with van der Waals surface area (Å²) in [5, 5.41) is 20.4. The molecule has 7 rings (SSSR count). The van der Waals surface area contributed by atoms with Gasteiger partial charge in [0.15, 0.2) is 5.69 Å². The fraction of sp³-hybridized carbons (Fsp3) is 0.231. The quantitative estimate of drug-likeness (QED) is 0.498. The number of carbonyl (C=O) groups is 2. The number of amides is 2. The minimum absolute atomic E-state index is 0.0410. The Morgan fingerprint density at radius 1 is 0.906 bits per heavy atom. The molecule has 2 amide bonds. The Labute approximate surface area is 185 Å². The smallest absolute Gasteiger partial charge is 0.239 e. The largest absolute Gasteiger partial charge is 0.595 e. The Morgan fingerprint density at radius 2 is 1.47 bits per heavy atom. The van der Waals surface area contributed by atoms with Crippen LogP contribution in [0.3, 0.4) is 0 Å². The zero-order chi connectivity index (χ0) is 22.2. The van der Waals surface area contributed by atoms with Gasteiger partial charge in [0.1, 0.15) is 5.69 Å². The van der Waals surface area contributed by atoms with Crippen molar-refractivity contribution >= 4 is 23.2 Å². The highest BCUT2D eigenvalue weighted by Crippen LogP contribution is 2.65. The van der Waals surface area contributed by atoms with Crippen molar-refractivity contribution in [3.63, 3.8) is 0 Å². The molecule has 0 aromatic heterocycles. The SMILES string of the molecule is CCC12c3ccccc3C(c3ccccc31)[C@H]1C(=O)N(c3ccccc3[NH+]([O-])O)C(=O)[C@@H]12. The molecule has 32 heavy (non-hydrogen) atoms. The number of imide groups is 1. The molecular weight excluding hydrogens is 404 g/mol. The molecule has 3 atom stereocenters. The highest BCUT2D eigenvalue weighted by atomic mass is 16.8. The Morgan fingerprint density at radius 3 is 2.06 bits per heavy atom. The minimum atomic E-state index is -1.16. The van der Waals surface area contributed by atoms with Crippen molar-refractivity contribution in [2.45, 2.75) is 24.7 Å². The van der Waals surface area contributed by atoms with Crippen LogP contribution in [0.25, 0.3) is 0 Å². The first-order valence-electron chi connectivity index (χ1n) is 10.9. The Hall–Kier alpha value is -3.32. The van der Waals surface area contributed by atoms with Crippen LogP contribution >= 0.6 is 0 Å². The Balaban J connectivity index is 1.63. The Kier molecular flexibility index (Phi) is 3.99. The summed E-state index contributed by atoms with van der Waals surface area (Å²) in [6.45, 7) is 2.07. The average molecular weight is 426 g/mol. The van der Waals surface area contributed by atoms with Crippen LogP contribution in [0.2, 0.25) is 0 Å². The van der Waals surface area contributed by atoms with Gasteiger partial charge in [0.25, 0.3) is 0 Å². The van der Waals surface area contributed by atoms with Crippen molar-refractivity contribution in [3.8, 4) is 0 Å². The molecule has 1 heterocycles. The van der Waals surface area contributed by atoms with Crippen LogP contribution in [0.15, 0.2) is 72.8 Å². The summed E-state index contributed by atoms with van der Waals surface area (Å²) in [7, 11) is 0. The predicted molar refractivity (Wildman–Crippen MR) is 117 cm³/mol. The van der Waals surface area contributed by atoms with Gasteiger partial charge in [-0.3, -0.25) is 9.59 Å². The normalized spacial score (nSPS) is 28.3. The van der Waals surface area contributed by atoms with E-state index < -0.39 is 22.5 Å². The van der Waals surface area contributed by atoms with Crippen LogP contribution in [0.5, 0.6) is 0 Å². The lowest BCUT2D eigenvalue weighted by Crippen LogP contribution is -2.99. The van der Waals surface area contributed by atoms with Gasteiger partial charge in [-0.15, -0.1) is 0 Å². The molecule has 2 N–H and O–H groups in total. The van der Waals surface area contributed by atoms with Gasteiger partial charge in [-0.1, -0.05) is 67.6 Å². The zero-order valence-corrected chi connectivity index (χ0v) is 17.5. The molecule has 4 aliphatic rings. The van der Waals surface area contributed by atoms with Gasteiger partial charge in [0, 0.05) is 17.4 Å². The molecule has 6 heteroatoms. The maximum atomic E-state index is 14.0. The summed E-state index contributed by atoms with van der Waals surface area (Å²) >= 11 is 0. The summed E-state index contributed by atoms with van der Waals surface area (Å²) in [6, 6.07) is 22.5. The van der Waals surface area contributed by atoms with Crippen molar-refractivity contribution in [2.24, 2.45) is 11.8 Å². The van der Waals surface area contributed by atoms with E-state index in [9.17, 15) is 20.0 Å². The lowest BCUT2D eigenvalue weighted by atomic mass is 9.46. The molecule has 0 radical (unpaired) electrons. The molecule has 3 aliphatic carbocycles. The molecule has 1 saturated heterocycles. The number of para-hydroxylation sites is 2. The summed E-state index contributed by atoms with van der Waals surface area (Å²) in [5.74, 6) is -1.94. The van der Waals surface area contributed by atoms with E-state index in [2.05, 4.69) is 31.2 Å². The van der Waals surface area contributed by atoms with Gasteiger partial charge in [-0.05, 0) is 34.7 Å². The lowest BCUT2D eigenvalue weighted by Gasteiger charge is -2.54. The standard InChI is InChI=1S/C26H22N2O4/c1-2-26-17-11-5-3-9-15(17)21(16-10-4-6-12-18(16)26)22-23(26)25(30)27(24(22)29)19-13-7-8-14-20(19)28(31)32/h3-14,21-23,28,31H,2H2,1H3/t21?,22-,23-,26?/m1/s1. The minimum Gasteiger partial charge on any atom is -0.595 e. The molecule has 0 saturated carbocycles. The lowest BCUT2D eigenvalue weighted by molar-refractivity contribution is -0.990. The molecule has 3 aromatic rings. The number of quaternary nitrogens is 1. The number of benzene rings is 3. The van der Waals surface area contributed by atoms with Gasteiger partial charge in [0.05, 0.1) is 11.8 Å². The van der Waals surface area contributed by atoms with Gasteiger partial charge in [-0.2, -0.15) is 5.23 Å². The predicted octanol–water partition coefficient (Wildman–Crippen LogP) is 3.05. The molecule has 1 aliphatic heterocycles. The third-order valence-electron chi connectivity index (χ3n) is 7.73. The van der Waals surface area contributed by atoms with Crippen molar-refractivity contribution in [1.29, 1.82) is 0 Å². The van der Waals surface area contributed by atoms with Crippen molar-refractivity contribution < 1.29 is 20.0 Å². The summed E-state index contributed by atoms with van der Waals surface area (Å²) < 4.78 is 0. The topological polar surface area (TPSA) is 85.1 Å². The van der Waals surface area contributed by atoms with Crippen LogP contribution in [0.4, 0.5) is 11.4 Å². The van der Waals surface area contributed by atoms with E-state index >= 15 is 0 Å². The first-order chi connectivity index (χ1) is 15.5. The third-order valence-corrected chi connectivity index (χ3v) is 7.73. The fourth-order valence-corrected chi connectivity index (χ4v) is 6.62. The van der Waals surface area contributed by atoms with Crippen LogP contribution in [0.1, 0.15) is 41.5 Å². The number of hydrogen-bond donors (Lipinski definition) is 2. The number of anilines is 1. The van der Waals surface area contributed by atoms with Gasteiger partial charge >= 0.3 is 0 Å². The number of nitrogens with one attached hydrogen (secondary N) is 1. The van der Waals surface area contributed by atoms with E-state index in [4.69, 9.17) is 0 Å². The van der Waals surface area contributed by atoms with E-state index in [1.54, 1.807) is 18.2 Å². The summed E-state index contributed by atoms with van der Waals surface area (Å²) in [5.41, 5.74) is 3.92. The van der Waals surface area contributed by atoms with Gasteiger partial charge in [0.2, 0.25) is 11.8 Å². The van der Waals surface area contributed by atoms with E-state index in [0.717, 1.165) is 27.2 Å². The molecular formula is C26H22N2O4. The maximum absolute atomic E-state index is 14.0. The highest BCUT2D eigenvalue weighted by molar-refractivity contribution is 6.24. The summed E-state index contributed by atoms with van der Waals surface area (Å²) in [4.78, 5) is 29.1. The molecule has 1 fully saturated rings. The van der Waals surface area contributed by atoms with Crippen molar-refractivity contribution in [1.82, 2.24) is 0 Å². The second kappa shape index (κ2) is 6.59. The second-order valence-corrected chi connectivity index (χ2v) is 8.81. The molecule has 0 spiro atoms. The van der Waals surface area contributed by atoms with E-state index in [1.807, 2.05) is 24.3 Å². The van der Waals surface area contributed by atoms with Crippen molar-refractivity contribution in [2.75, 3.05) is 4.90 Å². The van der Waals surface area contributed by atoms with E-state index in [1.165, 1.54) is 6.07 Å². The fourth-order valence-electron chi connectivity index (χ4n) is 6.62. The van der Waals surface area contributed by atoms with Crippen LogP contribution in [-0.2, 0) is 15.0 Å². The van der Waals surface area contributed by atoms with Gasteiger partial charge in [-0.25, -0.2) is 10.1 Å². The van der Waals surface area contributed by atoms with Crippen LogP contribution < -0.4 is 10.1 Å². The van der Waals surface area contributed by atoms with Gasteiger partial charge < -0.3 is 5.21 Å². The number of nitrogens with zero attached hydrogens (tertiary/aromatic N) is 1. The first-order valence-corrected chi connectivity index (χ1v) is 10.9.